The summed E-state index contributed by atoms with van der Waals surface area (Å²) in [7, 11) is -5.71. The summed E-state index contributed by atoms with van der Waals surface area (Å²) in [4.78, 5) is 0. The highest BCUT2D eigenvalue weighted by Gasteiger charge is 1.95. The monoisotopic (exact) mass is 580 g/mol. The van der Waals surface area contributed by atoms with Crippen molar-refractivity contribution in [2.45, 2.75) is 0 Å². The maximum atomic E-state index is 9.55. The molecular formula is C14H30Br2O10S2. The van der Waals surface area contributed by atoms with Crippen LogP contribution in [0.25, 0.3) is 0 Å². The van der Waals surface area contributed by atoms with Crippen LogP contribution in [0.15, 0.2) is 0 Å². The van der Waals surface area contributed by atoms with Crippen molar-refractivity contribution < 1.29 is 45.3 Å². The molecule has 0 atom stereocenters. The standard InChI is InChI=1S/C12H24O6.2CH3BrO2S/c1-2-14-5-6-16-9-10-18-12-11-17-8-7-15-4-3-13-1;2*1-5(2,3)4/h1-12H2;2*1H3. The third-order valence-electron chi connectivity index (χ3n) is 2.23. The highest BCUT2D eigenvalue weighted by Crippen LogP contribution is 1.90. The van der Waals surface area contributed by atoms with Gasteiger partial charge in [0.2, 0.25) is 16.5 Å². The second-order valence-electron chi connectivity index (χ2n) is 5.04. The molecule has 172 valence electrons. The number of hydrogen-bond acceptors (Lipinski definition) is 10. The zero-order valence-electron chi connectivity index (χ0n) is 16.1. The summed E-state index contributed by atoms with van der Waals surface area (Å²) >= 11 is 4.69. The van der Waals surface area contributed by atoms with Crippen molar-refractivity contribution in [3.05, 3.63) is 0 Å². The average Bonchev–Trinajstić information content (AvgIpc) is 2.52. The molecule has 0 radical (unpaired) electrons. The van der Waals surface area contributed by atoms with Gasteiger partial charge in [0.15, 0.2) is 0 Å². The molecule has 1 saturated heterocycles. The van der Waals surface area contributed by atoms with E-state index in [9.17, 15) is 16.8 Å². The topological polar surface area (TPSA) is 124 Å². The van der Waals surface area contributed by atoms with Crippen molar-refractivity contribution in [2.24, 2.45) is 0 Å². The van der Waals surface area contributed by atoms with E-state index in [1.54, 1.807) is 0 Å². The maximum absolute atomic E-state index is 9.55. The molecule has 1 heterocycles. The molecule has 10 nitrogen and oxygen atoms in total. The van der Waals surface area contributed by atoms with Gasteiger partial charge in [-0.3, -0.25) is 0 Å². The number of rotatable bonds is 0. The predicted octanol–water partition coefficient (Wildman–Crippen LogP) is 0.781. The van der Waals surface area contributed by atoms with Crippen molar-refractivity contribution in [1.82, 2.24) is 0 Å². The summed E-state index contributed by atoms with van der Waals surface area (Å²) in [6.45, 7) is 7.04. The van der Waals surface area contributed by atoms with E-state index in [1.165, 1.54) is 0 Å². The Labute approximate surface area is 182 Å². The molecule has 0 N–H and O–H groups in total. The SMILES string of the molecule is C1COCCOCCOCCOCCOCCO1.CS(=O)(=O)Br.CS(=O)(=O)Br. The smallest absolute Gasteiger partial charge is 0.206 e. The fraction of sp³-hybridized carbons (Fsp3) is 1.00. The second kappa shape index (κ2) is 20.9. The largest absolute Gasteiger partial charge is 0.377 e. The van der Waals surface area contributed by atoms with Crippen molar-refractivity contribution in [2.75, 3.05) is 91.8 Å². The van der Waals surface area contributed by atoms with E-state index in [0.29, 0.717) is 79.3 Å². The summed E-state index contributed by atoms with van der Waals surface area (Å²) in [6.07, 6.45) is 2.15. The zero-order chi connectivity index (χ0) is 21.7. The third-order valence-corrected chi connectivity index (χ3v) is 2.23. The summed E-state index contributed by atoms with van der Waals surface area (Å²) in [5.41, 5.74) is 0. The predicted molar refractivity (Wildman–Crippen MR) is 112 cm³/mol. The third kappa shape index (κ3) is 50.4. The summed E-state index contributed by atoms with van der Waals surface area (Å²) in [5.74, 6) is 0. The van der Waals surface area contributed by atoms with E-state index in [-0.39, 0.29) is 0 Å². The van der Waals surface area contributed by atoms with E-state index in [1.807, 2.05) is 0 Å². The number of halogens is 2. The van der Waals surface area contributed by atoms with Crippen molar-refractivity contribution in [3.63, 3.8) is 0 Å². The van der Waals surface area contributed by atoms with Crippen LogP contribution in [0.5, 0.6) is 0 Å². The minimum absolute atomic E-state index is 0.586. The van der Waals surface area contributed by atoms with E-state index in [0.717, 1.165) is 12.5 Å². The Morgan fingerprint density at radius 1 is 0.429 bits per heavy atom. The van der Waals surface area contributed by atoms with Crippen LogP contribution in [0.1, 0.15) is 0 Å². The first kappa shape index (κ1) is 30.8. The molecule has 0 spiro atoms. The molecule has 0 saturated carbocycles. The number of hydrogen-bond donors (Lipinski definition) is 0. The Hall–Kier alpha value is 0.620. The van der Waals surface area contributed by atoms with Crippen LogP contribution in [-0.4, -0.2) is 109 Å². The lowest BCUT2D eigenvalue weighted by Crippen LogP contribution is -2.16. The maximum Gasteiger partial charge on any atom is 0.206 e. The van der Waals surface area contributed by atoms with Crippen LogP contribution in [0.4, 0.5) is 0 Å². The van der Waals surface area contributed by atoms with E-state index in [4.69, 9.17) is 28.4 Å². The van der Waals surface area contributed by atoms with Gasteiger partial charge in [0.25, 0.3) is 0 Å². The van der Waals surface area contributed by atoms with Gasteiger partial charge in [-0.2, -0.15) is 0 Å². The molecule has 0 amide bonds. The first-order chi connectivity index (χ1) is 13.0. The summed E-state index contributed by atoms with van der Waals surface area (Å²) in [5, 5.41) is 0. The minimum atomic E-state index is -2.85. The highest BCUT2D eigenvalue weighted by atomic mass is 79.9. The second-order valence-corrected chi connectivity index (χ2v) is 14.8. The lowest BCUT2D eigenvalue weighted by Gasteiger charge is -2.09. The Balaban J connectivity index is 0. The van der Waals surface area contributed by atoms with E-state index >= 15 is 0 Å². The van der Waals surface area contributed by atoms with Gasteiger partial charge in [0, 0.05) is 12.5 Å². The fourth-order valence-electron chi connectivity index (χ4n) is 1.32. The molecule has 0 aliphatic carbocycles. The molecule has 0 unspecified atom stereocenters. The summed E-state index contributed by atoms with van der Waals surface area (Å²) in [6, 6.07) is 0. The van der Waals surface area contributed by atoms with Gasteiger partial charge < -0.3 is 28.4 Å². The first-order valence-corrected chi connectivity index (χ1v) is 15.7. The van der Waals surface area contributed by atoms with Crippen LogP contribution in [0.2, 0.25) is 0 Å². The Bertz CT molecular complexity index is 407. The number of ether oxygens (including phenoxy) is 6. The molecule has 0 aromatic heterocycles. The normalized spacial score (nSPS) is 19.6. The minimum Gasteiger partial charge on any atom is -0.377 e. The molecular weight excluding hydrogens is 552 g/mol. The Morgan fingerprint density at radius 3 is 0.571 bits per heavy atom. The van der Waals surface area contributed by atoms with Gasteiger partial charge >= 0.3 is 0 Å². The van der Waals surface area contributed by atoms with Crippen LogP contribution in [0, 0.1) is 0 Å². The summed E-state index contributed by atoms with van der Waals surface area (Å²) < 4.78 is 70.2. The first-order valence-electron chi connectivity index (χ1n) is 8.26. The van der Waals surface area contributed by atoms with Gasteiger partial charge in [0.1, 0.15) is 0 Å². The molecule has 1 aliphatic rings. The Kier molecular flexibility index (Phi) is 23.0. The van der Waals surface area contributed by atoms with Crippen molar-refractivity contribution in [3.8, 4) is 0 Å². The molecule has 28 heavy (non-hydrogen) atoms. The molecule has 0 aromatic rings. The van der Waals surface area contributed by atoms with Crippen molar-refractivity contribution in [1.29, 1.82) is 0 Å². The van der Waals surface area contributed by atoms with Gasteiger partial charge in [-0.15, -0.1) is 0 Å². The van der Waals surface area contributed by atoms with Gasteiger partial charge in [0.05, 0.1) is 109 Å². The molecule has 1 aliphatic heterocycles. The zero-order valence-corrected chi connectivity index (χ0v) is 20.9. The van der Waals surface area contributed by atoms with Gasteiger partial charge in [-0.1, -0.05) is 0 Å². The lowest BCUT2D eigenvalue weighted by atomic mass is 10.6. The molecule has 14 heteroatoms. The van der Waals surface area contributed by atoms with E-state index < -0.39 is 16.5 Å². The molecule has 1 rings (SSSR count). The molecule has 0 bridgehead atoms. The van der Waals surface area contributed by atoms with Crippen LogP contribution in [-0.2, 0) is 45.0 Å². The highest BCUT2D eigenvalue weighted by molar-refractivity contribution is 9.47. The average molecular weight is 582 g/mol. The fourth-order valence-corrected chi connectivity index (χ4v) is 1.32. The lowest BCUT2D eigenvalue weighted by molar-refractivity contribution is -0.0334. The van der Waals surface area contributed by atoms with Crippen LogP contribution >= 0.6 is 29.6 Å². The van der Waals surface area contributed by atoms with Crippen LogP contribution in [0.3, 0.4) is 0 Å². The van der Waals surface area contributed by atoms with Crippen molar-refractivity contribution >= 4 is 46.2 Å². The molecule has 0 aromatic carbocycles. The van der Waals surface area contributed by atoms with E-state index in [2.05, 4.69) is 29.6 Å². The van der Waals surface area contributed by atoms with Crippen LogP contribution < -0.4 is 0 Å². The molecule has 1 fully saturated rings. The van der Waals surface area contributed by atoms with Gasteiger partial charge in [-0.25, -0.2) is 16.8 Å². The Morgan fingerprint density at radius 2 is 0.500 bits per heavy atom. The van der Waals surface area contributed by atoms with Gasteiger partial charge in [-0.05, 0) is 0 Å². The quantitative estimate of drug-likeness (QED) is 0.379.